The first-order valence-electron chi connectivity index (χ1n) is 8.57. The molecule has 2 amide bonds. The number of carbonyl (C=O) groups excluding carboxylic acids is 1. The van der Waals surface area contributed by atoms with Gasteiger partial charge in [-0.1, -0.05) is 12.1 Å². The van der Waals surface area contributed by atoms with E-state index < -0.39 is 0 Å². The number of carbonyl (C=O) groups is 1. The molecule has 1 saturated heterocycles. The number of aromatic nitrogens is 1. The fraction of sp³-hybridized carbons (Fsp3) is 0.444. The van der Waals surface area contributed by atoms with Crippen LogP contribution in [0.2, 0.25) is 0 Å². The normalized spacial score (nSPS) is 15.2. The van der Waals surface area contributed by atoms with Gasteiger partial charge in [-0.2, -0.15) is 0 Å². The number of nitrogens with zero attached hydrogens (tertiary/aromatic N) is 3. The fourth-order valence-corrected chi connectivity index (χ4v) is 3.47. The third-order valence-electron chi connectivity index (χ3n) is 4.14. The highest BCUT2D eigenvalue weighted by Crippen LogP contribution is 2.24. The van der Waals surface area contributed by atoms with E-state index in [0.29, 0.717) is 25.4 Å². The van der Waals surface area contributed by atoms with Crippen molar-refractivity contribution in [3.8, 4) is 5.75 Å². The minimum Gasteiger partial charge on any atom is -0.492 e. The van der Waals surface area contributed by atoms with Crippen molar-refractivity contribution in [2.45, 2.75) is 20.4 Å². The first kappa shape index (κ1) is 17.7. The van der Waals surface area contributed by atoms with Gasteiger partial charge in [0.15, 0.2) is 0 Å². The van der Waals surface area contributed by atoms with E-state index in [-0.39, 0.29) is 6.03 Å². The molecule has 6 nitrogen and oxygen atoms in total. The van der Waals surface area contributed by atoms with E-state index in [1.807, 2.05) is 43.0 Å². The van der Waals surface area contributed by atoms with Crippen LogP contribution in [-0.2, 0) is 6.54 Å². The SMILES string of the molecule is CCOc1ccccc1NC(=O)N1CCN(Cc2csc(C)n2)CC1. The van der Waals surface area contributed by atoms with E-state index in [1.165, 1.54) is 0 Å². The summed E-state index contributed by atoms with van der Waals surface area (Å²) in [5, 5.41) is 6.17. The summed E-state index contributed by atoms with van der Waals surface area (Å²) in [7, 11) is 0. The number of amides is 2. The molecular formula is C18H24N4O2S. The van der Waals surface area contributed by atoms with Crippen LogP contribution in [0.3, 0.4) is 0 Å². The third kappa shape index (κ3) is 4.70. The molecule has 1 aliphatic rings. The maximum Gasteiger partial charge on any atom is 0.322 e. The molecule has 0 unspecified atom stereocenters. The molecule has 0 aliphatic carbocycles. The second kappa shape index (κ2) is 8.31. The topological polar surface area (TPSA) is 57.7 Å². The Morgan fingerprint density at radius 1 is 1.28 bits per heavy atom. The maximum absolute atomic E-state index is 12.5. The predicted octanol–water partition coefficient (Wildman–Crippen LogP) is 3.20. The van der Waals surface area contributed by atoms with Crippen molar-refractivity contribution in [2.24, 2.45) is 0 Å². The van der Waals surface area contributed by atoms with Crippen molar-refractivity contribution in [1.82, 2.24) is 14.8 Å². The summed E-state index contributed by atoms with van der Waals surface area (Å²) in [6, 6.07) is 7.46. The van der Waals surface area contributed by atoms with Crippen molar-refractivity contribution in [2.75, 3.05) is 38.1 Å². The molecule has 1 aliphatic heterocycles. The molecule has 2 aromatic rings. The first-order chi connectivity index (χ1) is 12.2. The molecule has 1 N–H and O–H groups in total. The Hall–Kier alpha value is -2.12. The Morgan fingerprint density at radius 3 is 2.72 bits per heavy atom. The molecule has 2 heterocycles. The van der Waals surface area contributed by atoms with Crippen LogP contribution >= 0.6 is 11.3 Å². The Kier molecular flexibility index (Phi) is 5.88. The summed E-state index contributed by atoms with van der Waals surface area (Å²) >= 11 is 1.68. The van der Waals surface area contributed by atoms with E-state index in [1.54, 1.807) is 11.3 Å². The van der Waals surface area contributed by atoms with Crippen LogP contribution in [0, 0.1) is 6.92 Å². The van der Waals surface area contributed by atoms with E-state index in [9.17, 15) is 4.79 Å². The van der Waals surface area contributed by atoms with Crippen molar-refractivity contribution < 1.29 is 9.53 Å². The average Bonchev–Trinajstić information content (AvgIpc) is 3.02. The summed E-state index contributed by atoms with van der Waals surface area (Å²) in [5.74, 6) is 0.705. The van der Waals surface area contributed by atoms with Gasteiger partial charge in [-0.05, 0) is 26.0 Å². The Balaban J connectivity index is 1.51. The molecule has 0 radical (unpaired) electrons. The molecular weight excluding hydrogens is 336 g/mol. The van der Waals surface area contributed by atoms with Crippen LogP contribution in [0.15, 0.2) is 29.6 Å². The Bertz CT molecular complexity index is 711. The van der Waals surface area contributed by atoms with Gasteiger partial charge < -0.3 is 15.0 Å². The minimum absolute atomic E-state index is 0.0729. The Labute approximate surface area is 152 Å². The second-order valence-electron chi connectivity index (χ2n) is 5.98. The number of urea groups is 1. The van der Waals surface area contributed by atoms with Crippen LogP contribution < -0.4 is 10.1 Å². The van der Waals surface area contributed by atoms with E-state index >= 15 is 0 Å². The lowest BCUT2D eigenvalue weighted by Crippen LogP contribution is -2.49. The summed E-state index contributed by atoms with van der Waals surface area (Å²) < 4.78 is 5.56. The molecule has 0 bridgehead atoms. The zero-order valence-electron chi connectivity index (χ0n) is 14.7. The number of piperazine rings is 1. The van der Waals surface area contributed by atoms with Gasteiger partial charge in [0, 0.05) is 38.1 Å². The molecule has 3 rings (SSSR count). The number of hydrogen-bond donors (Lipinski definition) is 1. The number of hydrogen-bond acceptors (Lipinski definition) is 5. The largest absolute Gasteiger partial charge is 0.492 e. The van der Waals surface area contributed by atoms with Crippen LogP contribution in [0.4, 0.5) is 10.5 Å². The van der Waals surface area contributed by atoms with Crippen molar-refractivity contribution in [1.29, 1.82) is 0 Å². The molecule has 25 heavy (non-hydrogen) atoms. The number of aryl methyl sites for hydroxylation is 1. The lowest BCUT2D eigenvalue weighted by molar-refractivity contribution is 0.142. The predicted molar refractivity (Wildman–Crippen MR) is 100 cm³/mol. The highest BCUT2D eigenvalue weighted by molar-refractivity contribution is 7.09. The van der Waals surface area contributed by atoms with E-state index in [2.05, 4.69) is 20.6 Å². The van der Waals surface area contributed by atoms with Gasteiger partial charge in [0.1, 0.15) is 5.75 Å². The van der Waals surface area contributed by atoms with Crippen LogP contribution in [-0.4, -0.2) is 53.6 Å². The smallest absolute Gasteiger partial charge is 0.322 e. The molecule has 1 aromatic carbocycles. The maximum atomic E-state index is 12.5. The summed E-state index contributed by atoms with van der Waals surface area (Å²) in [5.41, 5.74) is 1.83. The Morgan fingerprint density at radius 2 is 2.04 bits per heavy atom. The number of rotatable bonds is 5. The summed E-state index contributed by atoms with van der Waals surface area (Å²) in [6.07, 6.45) is 0. The lowest BCUT2D eigenvalue weighted by atomic mass is 10.3. The molecule has 1 fully saturated rings. The zero-order chi connectivity index (χ0) is 17.6. The second-order valence-corrected chi connectivity index (χ2v) is 7.04. The van der Waals surface area contributed by atoms with E-state index in [4.69, 9.17) is 4.74 Å². The van der Waals surface area contributed by atoms with Crippen LogP contribution in [0.5, 0.6) is 5.75 Å². The highest BCUT2D eigenvalue weighted by atomic mass is 32.1. The quantitative estimate of drug-likeness (QED) is 0.890. The summed E-state index contributed by atoms with van der Waals surface area (Å²) in [4.78, 5) is 21.2. The molecule has 7 heteroatoms. The molecule has 134 valence electrons. The minimum atomic E-state index is -0.0729. The number of benzene rings is 1. The van der Waals surface area contributed by atoms with Gasteiger partial charge in [0.25, 0.3) is 0 Å². The van der Waals surface area contributed by atoms with Gasteiger partial charge in [0.2, 0.25) is 0 Å². The zero-order valence-corrected chi connectivity index (χ0v) is 15.5. The van der Waals surface area contributed by atoms with Gasteiger partial charge >= 0.3 is 6.03 Å². The number of anilines is 1. The van der Waals surface area contributed by atoms with Crippen LogP contribution in [0.25, 0.3) is 0 Å². The molecule has 0 spiro atoms. The fourth-order valence-electron chi connectivity index (χ4n) is 2.86. The van der Waals surface area contributed by atoms with Crippen LogP contribution in [0.1, 0.15) is 17.6 Å². The van der Waals surface area contributed by atoms with Crippen molar-refractivity contribution >= 4 is 23.1 Å². The highest BCUT2D eigenvalue weighted by Gasteiger charge is 2.22. The van der Waals surface area contributed by atoms with Gasteiger partial charge in [-0.15, -0.1) is 11.3 Å². The van der Waals surface area contributed by atoms with Crippen molar-refractivity contribution in [3.05, 3.63) is 40.3 Å². The van der Waals surface area contributed by atoms with Gasteiger partial charge in [-0.25, -0.2) is 9.78 Å². The van der Waals surface area contributed by atoms with Gasteiger partial charge in [-0.3, -0.25) is 4.90 Å². The van der Waals surface area contributed by atoms with Crippen molar-refractivity contribution in [3.63, 3.8) is 0 Å². The number of para-hydroxylation sites is 2. The number of thiazole rings is 1. The third-order valence-corrected chi connectivity index (χ3v) is 4.96. The average molecular weight is 360 g/mol. The first-order valence-corrected chi connectivity index (χ1v) is 9.45. The monoisotopic (exact) mass is 360 g/mol. The molecule has 0 saturated carbocycles. The molecule has 0 atom stereocenters. The number of nitrogens with one attached hydrogen (secondary N) is 1. The number of ether oxygens (including phenoxy) is 1. The standard InChI is InChI=1S/C18H24N4O2S/c1-3-24-17-7-5-4-6-16(17)20-18(23)22-10-8-21(9-11-22)12-15-13-25-14(2)19-15/h4-7,13H,3,8-12H2,1-2H3,(H,20,23). The lowest BCUT2D eigenvalue weighted by Gasteiger charge is -2.34. The van der Waals surface area contributed by atoms with Gasteiger partial charge in [0.05, 0.1) is 23.0 Å². The van der Waals surface area contributed by atoms with E-state index in [0.717, 1.165) is 36.0 Å². The summed E-state index contributed by atoms with van der Waals surface area (Å²) in [6.45, 7) is 8.53. The molecule has 1 aromatic heterocycles.